The molecule has 0 aliphatic heterocycles. The van der Waals surface area contributed by atoms with Gasteiger partial charge in [0, 0.05) is 16.8 Å². The number of rotatable bonds is 5. The number of benzene rings is 2. The summed E-state index contributed by atoms with van der Waals surface area (Å²) in [6, 6.07) is 11.1. The summed E-state index contributed by atoms with van der Waals surface area (Å²) in [4.78, 5) is 22.4. The molecule has 0 saturated carbocycles. The Balaban J connectivity index is 1.97. The highest BCUT2D eigenvalue weighted by molar-refractivity contribution is 7.80. The molecule has 9 heteroatoms. The number of anilines is 1. The van der Waals surface area contributed by atoms with Gasteiger partial charge >= 0.3 is 5.69 Å². The molecule has 0 unspecified atom stereocenters. The van der Waals surface area contributed by atoms with E-state index in [-0.39, 0.29) is 28.9 Å². The normalized spacial score (nSPS) is 10.0. The number of hydrogen-bond acceptors (Lipinski definition) is 5. The van der Waals surface area contributed by atoms with Crippen molar-refractivity contribution in [2.75, 3.05) is 12.4 Å². The molecule has 1 amide bonds. The van der Waals surface area contributed by atoms with Crippen LogP contribution in [0, 0.1) is 10.1 Å². The first-order valence-electron chi connectivity index (χ1n) is 7.06. The van der Waals surface area contributed by atoms with Crippen molar-refractivity contribution in [3.05, 3.63) is 63.2 Å². The van der Waals surface area contributed by atoms with Crippen molar-refractivity contribution in [1.29, 1.82) is 0 Å². The second-order valence-electron chi connectivity index (χ2n) is 4.95. The Kier molecular flexibility index (Phi) is 6.26. The molecule has 2 rings (SSSR count). The van der Waals surface area contributed by atoms with E-state index in [2.05, 4.69) is 10.6 Å². The monoisotopic (exact) mass is 379 g/mol. The number of nitro groups is 1. The van der Waals surface area contributed by atoms with Crippen LogP contribution >= 0.6 is 23.8 Å². The number of thiocarbonyl (C=S) groups is 1. The maximum absolute atomic E-state index is 12.0. The number of methoxy groups -OCH3 is 1. The van der Waals surface area contributed by atoms with Crippen LogP contribution in [0.2, 0.25) is 5.02 Å². The molecule has 130 valence electrons. The number of carbonyl (C=O) groups is 1. The minimum absolute atomic E-state index is 0.0402. The van der Waals surface area contributed by atoms with Crippen molar-refractivity contribution in [1.82, 2.24) is 5.32 Å². The number of hydrogen-bond donors (Lipinski definition) is 2. The first-order valence-corrected chi connectivity index (χ1v) is 7.85. The molecule has 2 aromatic carbocycles. The summed E-state index contributed by atoms with van der Waals surface area (Å²) in [5.74, 6) is -0.184. The lowest BCUT2D eigenvalue weighted by Gasteiger charge is -2.10. The van der Waals surface area contributed by atoms with Crippen LogP contribution in [-0.2, 0) is 11.2 Å². The van der Waals surface area contributed by atoms with Crippen LogP contribution in [-0.4, -0.2) is 23.1 Å². The topological polar surface area (TPSA) is 93.5 Å². The number of nitrogens with zero attached hydrogens (tertiary/aromatic N) is 1. The summed E-state index contributed by atoms with van der Waals surface area (Å²) < 4.78 is 4.92. The fraction of sp³-hybridized carbons (Fsp3) is 0.125. The van der Waals surface area contributed by atoms with Gasteiger partial charge in [-0.3, -0.25) is 14.9 Å². The van der Waals surface area contributed by atoms with E-state index < -0.39 is 4.92 Å². The van der Waals surface area contributed by atoms with Crippen LogP contribution < -0.4 is 15.4 Å². The highest BCUT2D eigenvalue weighted by Gasteiger charge is 2.16. The molecular weight excluding hydrogens is 366 g/mol. The zero-order valence-electron chi connectivity index (χ0n) is 13.1. The van der Waals surface area contributed by atoms with Gasteiger partial charge in [0.2, 0.25) is 5.91 Å². The summed E-state index contributed by atoms with van der Waals surface area (Å²) in [5, 5.41) is 16.9. The van der Waals surface area contributed by atoms with Gasteiger partial charge in [-0.15, -0.1) is 0 Å². The fourth-order valence-electron chi connectivity index (χ4n) is 2.03. The van der Waals surface area contributed by atoms with Crippen LogP contribution in [0.15, 0.2) is 42.5 Å². The smallest absolute Gasteiger partial charge is 0.312 e. The first kappa shape index (κ1) is 18.6. The van der Waals surface area contributed by atoms with Crippen molar-refractivity contribution < 1.29 is 14.5 Å². The maximum atomic E-state index is 12.0. The van der Waals surface area contributed by atoms with Gasteiger partial charge in [-0.25, -0.2) is 0 Å². The summed E-state index contributed by atoms with van der Waals surface area (Å²) in [6.07, 6.45) is 0.127. The molecule has 0 radical (unpaired) electrons. The molecule has 2 N–H and O–H groups in total. The van der Waals surface area contributed by atoms with Gasteiger partial charge in [0.1, 0.15) is 0 Å². The number of nitrogens with one attached hydrogen (secondary N) is 2. The zero-order chi connectivity index (χ0) is 18.4. The standard InChI is InChI=1S/C16H14ClN3O4S/c1-24-14-7-6-12(9-13(14)20(22)23)18-16(25)19-15(21)8-10-2-4-11(17)5-3-10/h2-7,9H,8H2,1H3,(H2,18,19,21,25). The third-order valence-electron chi connectivity index (χ3n) is 3.16. The molecule has 0 fully saturated rings. The van der Waals surface area contributed by atoms with Gasteiger partial charge in [0.05, 0.1) is 18.5 Å². The van der Waals surface area contributed by atoms with Gasteiger partial charge in [-0.2, -0.15) is 0 Å². The average molecular weight is 380 g/mol. The van der Waals surface area contributed by atoms with E-state index >= 15 is 0 Å². The minimum Gasteiger partial charge on any atom is -0.490 e. The second kappa shape index (κ2) is 8.41. The van der Waals surface area contributed by atoms with Crippen LogP contribution in [0.3, 0.4) is 0 Å². The van der Waals surface area contributed by atoms with E-state index in [1.54, 1.807) is 30.3 Å². The molecule has 0 bridgehead atoms. The number of halogens is 1. The molecule has 25 heavy (non-hydrogen) atoms. The van der Waals surface area contributed by atoms with Gasteiger partial charge in [0.25, 0.3) is 0 Å². The molecule has 0 atom stereocenters. The number of ether oxygens (including phenoxy) is 1. The summed E-state index contributed by atoms with van der Waals surface area (Å²) >= 11 is 10.8. The van der Waals surface area contributed by atoms with Crippen molar-refractivity contribution in [3.8, 4) is 5.75 Å². The van der Waals surface area contributed by atoms with Gasteiger partial charge < -0.3 is 15.4 Å². The van der Waals surface area contributed by atoms with E-state index in [0.29, 0.717) is 10.7 Å². The lowest BCUT2D eigenvalue weighted by Crippen LogP contribution is -2.35. The van der Waals surface area contributed by atoms with E-state index in [1.165, 1.54) is 19.2 Å². The molecule has 0 saturated heterocycles. The molecular formula is C16H14ClN3O4S. The largest absolute Gasteiger partial charge is 0.490 e. The first-order chi connectivity index (χ1) is 11.9. The summed E-state index contributed by atoms with van der Waals surface area (Å²) in [5.41, 5.74) is 0.942. The predicted octanol–water partition coefficient (Wildman–Crippen LogP) is 3.31. The van der Waals surface area contributed by atoms with Crippen molar-refractivity contribution in [2.45, 2.75) is 6.42 Å². The van der Waals surface area contributed by atoms with Crippen LogP contribution in [0.1, 0.15) is 5.56 Å². The molecule has 2 aromatic rings. The zero-order valence-corrected chi connectivity index (χ0v) is 14.7. The second-order valence-corrected chi connectivity index (χ2v) is 5.79. The fourth-order valence-corrected chi connectivity index (χ4v) is 2.39. The van der Waals surface area contributed by atoms with E-state index in [9.17, 15) is 14.9 Å². The summed E-state index contributed by atoms with van der Waals surface area (Å²) in [7, 11) is 1.34. The summed E-state index contributed by atoms with van der Waals surface area (Å²) in [6.45, 7) is 0. The van der Waals surface area contributed by atoms with Crippen LogP contribution in [0.5, 0.6) is 5.75 Å². The molecule has 0 aliphatic carbocycles. The number of carbonyl (C=O) groups excluding carboxylic acids is 1. The Morgan fingerprint density at radius 3 is 2.56 bits per heavy atom. The lowest BCUT2D eigenvalue weighted by molar-refractivity contribution is -0.385. The van der Waals surface area contributed by atoms with Crippen molar-refractivity contribution in [2.24, 2.45) is 0 Å². The van der Waals surface area contributed by atoms with E-state index in [0.717, 1.165) is 5.56 Å². The van der Waals surface area contributed by atoms with Gasteiger partial charge in [-0.1, -0.05) is 23.7 Å². The van der Waals surface area contributed by atoms with Crippen LogP contribution in [0.25, 0.3) is 0 Å². The Morgan fingerprint density at radius 2 is 1.96 bits per heavy atom. The van der Waals surface area contributed by atoms with E-state index in [4.69, 9.17) is 28.6 Å². The molecule has 0 spiro atoms. The SMILES string of the molecule is COc1ccc(NC(=S)NC(=O)Cc2ccc(Cl)cc2)cc1[N+](=O)[O-]. The quantitative estimate of drug-likeness (QED) is 0.470. The maximum Gasteiger partial charge on any atom is 0.312 e. The van der Waals surface area contributed by atoms with Gasteiger partial charge in [0.15, 0.2) is 10.9 Å². The molecule has 7 nitrogen and oxygen atoms in total. The third-order valence-corrected chi connectivity index (χ3v) is 3.62. The van der Waals surface area contributed by atoms with Crippen LogP contribution in [0.4, 0.5) is 11.4 Å². The number of nitro benzene ring substituents is 1. The Labute approximate surface area is 154 Å². The Hall–Kier alpha value is -2.71. The van der Waals surface area contributed by atoms with Gasteiger partial charge in [-0.05, 0) is 42.0 Å². The minimum atomic E-state index is -0.563. The van der Waals surface area contributed by atoms with Crippen molar-refractivity contribution in [3.63, 3.8) is 0 Å². The van der Waals surface area contributed by atoms with E-state index in [1.807, 2.05) is 0 Å². The van der Waals surface area contributed by atoms with Crippen molar-refractivity contribution >= 4 is 46.2 Å². The molecule has 0 aliphatic rings. The highest BCUT2D eigenvalue weighted by Crippen LogP contribution is 2.29. The average Bonchev–Trinajstić information content (AvgIpc) is 2.56. The lowest BCUT2D eigenvalue weighted by atomic mass is 10.1. The number of amides is 1. The molecule has 0 aromatic heterocycles. The third kappa shape index (κ3) is 5.40. The Bertz CT molecular complexity index is 812. The molecule has 0 heterocycles. The Morgan fingerprint density at radius 1 is 1.28 bits per heavy atom. The predicted molar refractivity (Wildman–Crippen MR) is 99.2 cm³/mol. The highest BCUT2D eigenvalue weighted by atomic mass is 35.5.